The van der Waals surface area contributed by atoms with E-state index in [1.807, 2.05) is 36.4 Å². The third-order valence-corrected chi connectivity index (χ3v) is 5.24. The van der Waals surface area contributed by atoms with Crippen LogP contribution in [-0.2, 0) is 11.4 Å². The predicted molar refractivity (Wildman–Crippen MR) is 109 cm³/mol. The third-order valence-electron chi connectivity index (χ3n) is 5.24. The van der Waals surface area contributed by atoms with Gasteiger partial charge < -0.3 is 24.1 Å². The van der Waals surface area contributed by atoms with Gasteiger partial charge in [0.1, 0.15) is 17.8 Å². The maximum atomic E-state index is 12.6. The van der Waals surface area contributed by atoms with Crippen LogP contribution in [0.3, 0.4) is 0 Å². The van der Waals surface area contributed by atoms with Crippen molar-refractivity contribution in [1.82, 2.24) is 15.2 Å². The molecule has 1 aliphatic heterocycles. The highest BCUT2D eigenvalue weighted by molar-refractivity contribution is 5.93. The Bertz CT molecular complexity index is 1080. The van der Waals surface area contributed by atoms with Crippen LogP contribution < -0.4 is 14.8 Å². The Morgan fingerprint density at radius 1 is 1.20 bits per heavy atom. The van der Waals surface area contributed by atoms with Crippen molar-refractivity contribution in [2.24, 2.45) is 5.92 Å². The molecule has 1 N–H and O–H groups in total. The highest BCUT2D eigenvalue weighted by atomic mass is 16.5. The Labute approximate surface area is 173 Å². The number of methoxy groups -OCH3 is 1. The van der Waals surface area contributed by atoms with Crippen LogP contribution in [0.2, 0.25) is 0 Å². The van der Waals surface area contributed by atoms with Crippen LogP contribution in [0.1, 0.15) is 22.8 Å². The summed E-state index contributed by atoms with van der Waals surface area (Å²) in [6.07, 6.45) is 1.98. The topological polar surface area (TPSA) is 93.9 Å². The number of hydrogen-bond donors (Lipinski definition) is 1. The Kier molecular flexibility index (Phi) is 5.56. The minimum absolute atomic E-state index is 0.0486. The summed E-state index contributed by atoms with van der Waals surface area (Å²) in [5, 5.41) is 4.70. The van der Waals surface area contributed by atoms with E-state index in [1.54, 1.807) is 19.1 Å². The molecular weight excluding hydrogens is 386 g/mol. The maximum absolute atomic E-state index is 12.6. The SMILES string of the molecule is CNC(=O)[C@@H]1CCN(C(=O)c2coc(COc3ccc4ccc(OC)cc4c3)n2)C1. The van der Waals surface area contributed by atoms with Gasteiger partial charge in [-0.2, -0.15) is 0 Å². The lowest BCUT2D eigenvalue weighted by Crippen LogP contribution is -2.33. The van der Waals surface area contributed by atoms with Crippen molar-refractivity contribution in [3.63, 3.8) is 0 Å². The number of ether oxygens (including phenoxy) is 2. The third kappa shape index (κ3) is 4.07. The number of nitrogens with one attached hydrogen (secondary N) is 1. The van der Waals surface area contributed by atoms with Crippen LogP contribution in [0.4, 0.5) is 0 Å². The van der Waals surface area contributed by atoms with Crippen molar-refractivity contribution in [2.75, 3.05) is 27.2 Å². The molecule has 4 rings (SSSR count). The lowest BCUT2D eigenvalue weighted by Gasteiger charge is -2.14. The van der Waals surface area contributed by atoms with Gasteiger partial charge in [-0.1, -0.05) is 12.1 Å². The molecule has 0 aliphatic carbocycles. The minimum Gasteiger partial charge on any atom is -0.497 e. The van der Waals surface area contributed by atoms with Crippen LogP contribution in [0.25, 0.3) is 10.8 Å². The smallest absolute Gasteiger partial charge is 0.275 e. The van der Waals surface area contributed by atoms with E-state index in [1.165, 1.54) is 6.26 Å². The van der Waals surface area contributed by atoms with Gasteiger partial charge in [0.15, 0.2) is 12.3 Å². The van der Waals surface area contributed by atoms with Gasteiger partial charge in [-0.15, -0.1) is 0 Å². The van der Waals surface area contributed by atoms with Gasteiger partial charge in [0.2, 0.25) is 11.8 Å². The van der Waals surface area contributed by atoms with Crippen molar-refractivity contribution in [3.05, 3.63) is 54.2 Å². The van der Waals surface area contributed by atoms with Crippen molar-refractivity contribution < 1.29 is 23.5 Å². The second kappa shape index (κ2) is 8.44. The van der Waals surface area contributed by atoms with E-state index in [9.17, 15) is 9.59 Å². The van der Waals surface area contributed by atoms with E-state index in [2.05, 4.69) is 10.3 Å². The molecule has 2 heterocycles. The molecule has 0 spiro atoms. The molecule has 8 nitrogen and oxygen atoms in total. The molecule has 0 saturated carbocycles. The summed E-state index contributed by atoms with van der Waals surface area (Å²) >= 11 is 0. The predicted octanol–water partition coefficient (Wildman–Crippen LogP) is 2.62. The number of aromatic nitrogens is 1. The maximum Gasteiger partial charge on any atom is 0.275 e. The number of carbonyl (C=O) groups excluding carboxylic acids is 2. The highest BCUT2D eigenvalue weighted by Gasteiger charge is 2.32. The number of carbonyl (C=O) groups is 2. The molecule has 1 fully saturated rings. The van der Waals surface area contributed by atoms with Gasteiger partial charge in [-0.05, 0) is 41.5 Å². The zero-order valence-corrected chi connectivity index (χ0v) is 16.9. The van der Waals surface area contributed by atoms with Crippen LogP contribution in [0.5, 0.6) is 11.5 Å². The van der Waals surface area contributed by atoms with E-state index in [0.717, 1.165) is 16.5 Å². The highest BCUT2D eigenvalue weighted by Crippen LogP contribution is 2.25. The normalized spacial score (nSPS) is 15.9. The Morgan fingerprint density at radius 3 is 2.73 bits per heavy atom. The molecule has 8 heteroatoms. The number of oxazole rings is 1. The fraction of sp³-hybridized carbons (Fsp3) is 0.318. The van der Waals surface area contributed by atoms with Crippen LogP contribution >= 0.6 is 0 Å². The summed E-state index contributed by atoms with van der Waals surface area (Å²) in [5.41, 5.74) is 0.217. The number of fused-ring (bicyclic) bond motifs is 1. The number of hydrogen-bond acceptors (Lipinski definition) is 6. The zero-order chi connectivity index (χ0) is 21.1. The first kappa shape index (κ1) is 19.8. The first-order chi connectivity index (χ1) is 14.6. The van der Waals surface area contributed by atoms with Gasteiger partial charge >= 0.3 is 0 Å². The molecule has 30 heavy (non-hydrogen) atoms. The van der Waals surface area contributed by atoms with Crippen LogP contribution in [0, 0.1) is 5.92 Å². The van der Waals surface area contributed by atoms with Gasteiger partial charge in [0.25, 0.3) is 5.91 Å². The standard InChI is InChI=1S/C22H23N3O5/c1-23-21(26)15-7-8-25(11-15)22(27)19-12-30-20(24-19)13-29-18-6-4-14-3-5-17(28-2)9-16(14)10-18/h3-6,9-10,12,15H,7-8,11,13H2,1-2H3,(H,23,26)/t15-/m1/s1. The summed E-state index contributed by atoms with van der Waals surface area (Å²) in [6.45, 7) is 1.01. The summed E-state index contributed by atoms with van der Waals surface area (Å²) in [4.78, 5) is 30.2. The Balaban J connectivity index is 1.38. The fourth-order valence-electron chi connectivity index (χ4n) is 3.57. The first-order valence-corrected chi connectivity index (χ1v) is 9.73. The summed E-state index contributed by atoms with van der Waals surface area (Å²) in [5.74, 6) is 1.28. The van der Waals surface area contributed by atoms with Gasteiger partial charge in [-0.3, -0.25) is 9.59 Å². The van der Waals surface area contributed by atoms with E-state index >= 15 is 0 Å². The minimum atomic E-state index is -0.241. The number of nitrogens with zero attached hydrogens (tertiary/aromatic N) is 2. The lowest BCUT2D eigenvalue weighted by atomic mass is 10.1. The summed E-state index contributed by atoms with van der Waals surface area (Å²) < 4.78 is 16.4. The molecule has 1 atom stereocenters. The van der Waals surface area contributed by atoms with Crippen LogP contribution in [0.15, 0.2) is 47.1 Å². The van der Waals surface area contributed by atoms with E-state index < -0.39 is 0 Å². The largest absolute Gasteiger partial charge is 0.497 e. The number of amides is 2. The Morgan fingerprint density at radius 2 is 1.97 bits per heavy atom. The van der Waals surface area contributed by atoms with Crippen LogP contribution in [-0.4, -0.2) is 48.9 Å². The average Bonchev–Trinajstić information content (AvgIpc) is 3.46. The number of rotatable bonds is 6. The quantitative estimate of drug-likeness (QED) is 0.673. The molecule has 0 bridgehead atoms. The number of benzene rings is 2. The lowest BCUT2D eigenvalue weighted by molar-refractivity contribution is -0.124. The molecule has 2 amide bonds. The molecule has 3 aromatic rings. The van der Waals surface area contributed by atoms with Crippen molar-refractivity contribution in [3.8, 4) is 11.5 Å². The summed E-state index contributed by atoms with van der Waals surface area (Å²) in [6, 6.07) is 11.6. The molecule has 2 aromatic carbocycles. The molecule has 0 unspecified atom stereocenters. The molecule has 156 valence electrons. The van der Waals surface area contributed by atoms with E-state index in [4.69, 9.17) is 13.9 Å². The zero-order valence-electron chi connectivity index (χ0n) is 16.9. The molecule has 1 aliphatic rings. The fourth-order valence-corrected chi connectivity index (χ4v) is 3.57. The first-order valence-electron chi connectivity index (χ1n) is 9.73. The van der Waals surface area contributed by atoms with Crippen molar-refractivity contribution in [2.45, 2.75) is 13.0 Å². The van der Waals surface area contributed by atoms with Crippen molar-refractivity contribution in [1.29, 1.82) is 0 Å². The van der Waals surface area contributed by atoms with Gasteiger partial charge in [0.05, 0.1) is 13.0 Å². The van der Waals surface area contributed by atoms with E-state index in [-0.39, 0.29) is 30.0 Å². The Hall–Kier alpha value is -3.55. The molecular formula is C22H23N3O5. The summed E-state index contributed by atoms with van der Waals surface area (Å²) in [7, 11) is 3.23. The molecule has 1 aromatic heterocycles. The van der Waals surface area contributed by atoms with Gasteiger partial charge in [-0.25, -0.2) is 4.98 Å². The van der Waals surface area contributed by atoms with Gasteiger partial charge in [0, 0.05) is 20.1 Å². The second-order valence-corrected chi connectivity index (χ2v) is 7.14. The van der Waals surface area contributed by atoms with E-state index in [0.29, 0.717) is 31.2 Å². The molecule has 1 saturated heterocycles. The second-order valence-electron chi connectivity index (χ2n) is 7.14. The average molecular weight is 409 g/mol. The monoisotopic (exact) mass is 409 g/mol. The number of likely N-dealkylation sites (tertiary alicyclic amines) is 1. The molecule has 0 radical (unpaired) electrons. The van der Waals surface area contributed by atoms with Crippen molar-refractivity contribution >= 4 is 22.6 Å².